The predicted octanol–water partition coefficient (Wildman–Crippen LogP) is 3.80. The molecule has 0 aliphatic carbocycles. The summed E-state index contributed by atoms with van der Waals surface area (Å²) in [6, 6.07) is 12.8. The fourth-order valence-corrected chi connectivity index (χ4v) is 2.39. The largest absolute Gasteiger partial charge is 0.479 e. The smallest absolute Gasteiger partial charge is 0.412 e. The minimum absolute atomic E-state index is 0.242. The van der Waals surface area contributed by atoms with Gasteiger partial charge in [-0.1, -0.05) is 36.4 Å². The third kappa shape index (κ3) is 7.06. The van der Waals surface area contributed by atoms with Crippen LogP contribution in [-0.4, -0.2) is 33.8 Å². The van der Waals surface area contributed by atoms with E-state index >= 15 is 0 Å². The molecule has 0 aliphatic heterocycles. The Balaban J connectivity index is 2.03. The Morgan fingerprint density at radius 3 is 2.07 bits per heavy atom. The first kappa shape index (κ1) is 22.6. The molecule has 0 saturated heterocycles. The number of rotatable bonds is 6. The second-order valence-corrected chi connectivity index (χ2v) is 7.40. The van der Waals surface area contributed by atoms with Gasteiger partial charge in [-0.3, -0.25) is 10.1 Å². The number of carboxylic acids is 1. The first-order chi connectivity index (χ1) is 14.0. The summed E-state index contributed by atoms with van der Waals surface area (Å²) >= 11 is 0. The SMILES string of the molecule is CC(C)(C)OC(=O)Nc1ccccc1NC(=O)/C=C/c1ccc(C(O)C(=O)O)cc1. The Bertz CT molecular complexity index is 945. The van der Waals surface area contributed by atoms with Crippen LogP contribution in [-0.2, 0) is 14.3 Å². The molecular formula is C22H24N2O6. The lowest BCUT2D eigenvalue weighted by atomic mass is 10.1. The van der Waals surface area contributed by atoms with E-state index in [0.29, 0.717) is 16.9 Å². The highest BCUT2D eigenvalue weighted by atomic mass is 16.6. The standard InChI is InChI=1S/C22H24N2O6/c1-22(2,3)30-21(29)24-17-7-5-4-6-16(17)23-18(25)13-10-14-8-11-15(12-9-14)19(26)20(27)28/h4-13,19,26H,1-3H3,(H,23,25)(H,24,29)(H,27,28)/b13-10+. The Morgan fingerprint density at radius 1 is 0.967 bits per heavy atom. The molecule has 2 rings (SSSR count). The number of amides is 2. The number of carboxylic acid groups (broad SMARTS) is 1. The van der Waals surface area contributed by atoms with Crippen LogP contribution in [0.5, 0.6) is 0 Å². The van der Waals surface area contributed by atoms with Crippen molar-refractivity contribution in [1.29, 1.82) is 0 Å². The fourth-order valence-electron chi connectivity index (χ4n) is 2.39. The van der Waals surface area contributed by atoms with Crippen molar-refractivity contribution in [3.8, 4) is 0 Å². The summed E-state index contributed by atoms with van der Waals surface area (Å²) in [5, 5.41) is 23.6. The van der Waals surface area contributed by atoms with Gasteiger partial charge in [0, 0.05) is 6.08 Å². The number of hydrogen-bond donors (Lipinski definition) is 4. The van der Waals surface area contributed by atoms with Gasteiger partial charge in [0.1, 0.15) is 5.60 Å². The van der Waals surface area contributed by atoms with Gasteiger partial charge in [0.2, 0.25) is 5.91 Å². The van der Waals surface area contributed by atoms with Gasteiger partial charge in [-0.2, -0.15) is 0 Å². The topological polar surface area (TPSA) is 125 Å². The van der Waals surface area contributed by atoms with Gasteiger partial charge in [0.15, 0.2) is 6.10 Å². The van der Waals surface area contributed by atoms with Crippen molar-refractivity contribution in [2.45, 2.75) is 32.5 Å². The van der Waals surface area contributed by atoms with Crippen molar-refractivity contribution >= 4 is 35.4 Å². The van der Waals surface area contributed by atoms with E-state index in [9.17, 15) is 19.5 Å². The lowest BCUT2D eigenvalue weighted by molar-refractivity contribution is -0.146. The maximum Gasteiger partial charge on any atom is 0.412 e. The zero-order chi connectivity index (χ0) is 22.3. The van der Waals surface area contributed by atoms with Crippen LogP contribution in [0, 0.1) is 0 Å². The number of carbonyl (C=O) groups excluding carboxylic acids is 2. The maximum atomic E-state index is 12.3. The molecule has 0 saturated carbocycles. The summed E-state index contributed by atoms with van der Waals surface area (Å²) in [4.78, 5) is 35.0. The third-order valence-electron chi connectivity index (χ3n) is 3.73. The molecular weight excluding hydrogens is 388 g/mol. The number of aliphatic hydroxyl groups is 1. The minimum Gasteiger partial charge on any atom is -0.479 e. The highest BCUT2D eigenvalue weighted by Gasteiger charge is 2.17. The van der Waals surface area contributed by atoms with Gasteiger partial charge < -0.3 is 20.3 Å². The molecule has 0 fully saturated rings. The molecule has 0 aromatic heterocycles. The molecule has 4 N–H and O–H groups in total. The molecule has 158 valence electrons. The highest BCUT2D eigenvalue weighted by Crippen LogP contribution is 2.22. The number of hydrogen-bond acceptors (Lipinski definition) is 5. The van der Waals surface area contributed by atoms with E-state index in [1.807, 2.05) is 0 Å². The van der Waals surface area contributed by atoms with Crippen molar-refractivity contribution < 1.29 is 29.3 Å². The van der Waals surface area contributed by atoms with Gasteiger partial charge in [0.05, 0.1) is 11.4 Å². The van der Waals surface area contributed by atoms with Crippen molar-refractivity contribution in [3.63, 3.8) is 0 Å². The van der Waals surface area contributed by atoms with E-state index in [4.69, 9.17) is 9.84 Å². The molecule has 30 heavy (non-hydrogen) atoms. The van der Waals surface area contributed by atoms with Gasteiger partial charge in [0.25, 0.3) is 0 Å². The van der Waals surface area contributed by atoms with Gasteiger partial charge in [-0.25, -0.2) is 9.59 Å². The van der Waals surface area contributed by atoms with Crippen molar-refractivity contribution in [1.82, 2.24) is 0 Å². The van der Waals surface area contributed by atoms with E-state index in [0.717, 1.165) is 0 Å². The van der Waals surface area contributed by atoms with Gasteiger partial charge in [-0.15, -0.1) is 0 Å². The zero-order valence-electron chi connectivity index (χ0n) is 16.9. The van der Waals surface area contributed by atoms with Gasteiger partial charge in [-0.05, 0) is 50.1 Å². The monoisotopic (exact) mass is 412 g/mol. The number of aliphatic carboxylic acids is 1. The molecule has 0 radical (unpaired) electrons. The summed E-state index contributed by atoms with van der Waals surface area (Å²) in [6.07, 6.45) is 0.604. The van der Waals surface area contributed by atoms with Crippen LogP contribution in [0.3, 0.4) is 0 Å². The highest BCUT2D eigenvalue weighted by molar-refractivity contribution is 6.05. The summed E-state index contributed by atoms with van der Waals surface area (Å²) in [7, 11) is 0. The maximum absolute atomic E-state index is 12.3. The van der Waals surface area contributed by atoms with Crippen LogP contribution in [0.15, 0.2) is 54.6 Å². The first-order valence-electron chi connectivity index (χ1n) is 9.14. The van der Waals surface area contributed by atoms with Crippen LogP contribution < -0.4 is 10.6 Å². The minimum atomic E-state index is -1.60. The molecule has 1 atom stereocenters. The molecule has 0 spiro atoms. The van der Waals surface area contributed by atoms with E-state index < -0.39 is 29.7 Å². The van der Waals surface area contributed by atoms with Crippen molar-refractivity contribution in [3.05, 3.63) is 65.7 Å². The lowest BCUT2D eigenvalue weighted by Gasteiger charge is -2.20. The Hall–Kier alpha value is -3.65. The van der Waals surface area contributed by atoms with E-state index in [2.05, 4.69) is 10.6 Å². The van der Waals surface area contributed by atoms with Crippen LogP contribution in [0.2, 0.25) is 0 Å². The Labute approximate surface area is 174 Å². The number of aliphatic hydroxyl groups excluding tert-OH is 1. The number of nitrogens with one attached hydrogen (secondary N) is 2. The van der Waals surface area contributed by atoms with Crippen LogP contribution in [0.1, 0.15) is 38.0 Å². The first-order valence-corrected chi connectivity index (χ1v) is 9.14. The normalized spacial score (nSPS) is 12.3. The third-order valence-corrected chi connectivity index (χ3v) is 3.73. The number of para-hydroxylation sites is 2. The van der Waals surface area contributed by atoms with E-state index in [1.165, 1.54) is 24.3 Å². The molecule has 2 aromatic carbocycles. The summed E-state index contributed by atoms with van der Waals surface area (Å²) in [5.74, 6) is -1.76. The molecule has 0 aliphatic rings. The van der Waals surface area contributed by atoms with Crippen LogP contribution in [0.4, 0.5) is 16.2 Å². The second-order valence-electron chi connectivity index (χ2n) is 7.40. The van der Waals surface area contributed by atoms with Crippen LogP contribution in [0.25, 0.3) is 6.08 Å². The summed E-state index contributed by atoms with van der Waals surface area (Å²) < 4.78 is 5.22. The van der Waals surface area contributed by atoms with Crippen molar-refractivity contribution in [2.24, 2.45) is 0 Å². The van der Waals surface area contributed by atoms with E-state index in [1.54, 1.807) is 57.2 Å². The number of ether oxygens (including phenoxy) is 1. The summed E-state index contributed by atoms with van der Waals surface area (Å²) in [6.45, 7) is 5.25. The molecule has 2 amide bonds. The lowest BCUT2D eigenvalue weighted by Crippen LogP contribution is -2.27. The second kappa shape index (κ2) is 9.71. The predicted molar refractivity (Wildman–Crippen MR) is 113 cm³/mol. The molecule has 8 nitrogen and oxygen atoms in total. The molecule has 0 bridgehead atoms. The zero-order valence-corrected chi connectivity index (χ0v) is 16.9. The summed E-state index contributed by atoms with van der Waals surface area (Å²) in [5.41, 5.74) is 1.03. The van der Waals surface area contributed by atoms with Gasteiger partial charge >= 0.3 is 12.1 Å². The molecule has 2 aromatic rings. The average molecular weight is 412 g/mol. The van der Waals surface area contributed by atoms with E-state index in [-0.39, 0.29) is 5.56 Å². The molecule has 8 heteroatoms. The Morgan fingerprint density at radius 2 is 1.53 bits per heavy atom. The Kier molecular flexibility index (Phi) is 7.32. The molecule has 0 heterocycles. The fraction of sp³-hybridized carbons (Fsp3) is 0.227. The number of benzene rings is 2. The average Bonchev–Trinajstić information content (AvgIpc) is 2.66. The van der Waals surface area contributed by atoms with Crippen molar-refractivity contribution in [2.75, 3.05) is 10.6 Å². The quantitative estimate of drug-likeness (QED) is 0.535. The number of carbonyl (C=O) groups is 3. The van der Waals surface area contributed by atoms with Crippen LogP contribution >= 0.6 is 0 Å². The number of anilines is 2. The molecule has 1 unspecified atom stereocenters.